The Labute approximate surface area is 197 Å². The Bertz CT molecular complexity index is 499. The van der Waals surface area contributed by atoms with Crippen LogP contribution in [-0.4, -0.2) is 69.3 Å². The van der Waals surface area contributed by atoms with Crippen molar-refractivity contribution in [3.05, 3.63) is 0 Å². The molecule has 32 heavy (non-hydrogen) atoms. The Balaban J connectivity index is 1.94. The standard InChI is InChI=1S/C24H50NO6P/c1-5-6-7-8-9-10-11-12-13-14-15-16-17-18-24-28-21-23(31-24)22-30-32(26,27)29-20-19-25(2,3)4/h23-24H,5-22H2,1-4H3/p+1/t23-,24+/m0/s1. The molecule has 0 aliphatic carbocycles. The first kappa shape index (κ1) is 30.0. The van der Waals surface area contributed by atoms with Gasteiger partial charge in [-0.3, -0.25) is 9.05 Å². The molecule has 0 radical (unpaired) electrons. The van der Waals surface area contributed by atoms with Gasteiger partial charge in [0.05, 0.1) is 34.4 Å². The summed E-state index contributed by atoms with van der Waals surface area (Å²) in [5.74, 6) is 0. The lowest BCUT2D eigenvalue weighted by Crippen LogP contribution is -2.37. The van der Waals surface area contributed by atoms with E-state index < -0.39 is 7.82 Å². The predicted molar refractivity (Wildman–Crippen MR) is 130 cm³/mol. The third-order valence-electron chi connectivity index (χ3n) is 5.80. The molecule has 0 spiro atoms. The highest BCUT2D eigenvalue weighted by atomic mass is 31.2. The van der Waals surface area contributed by atoms with Gasteiger partial charge in [-0.15, -0.1) is 0 Å². The van der Waals surface area contributed by atoms with Crippen LogP contribution in [0, 0.1) is 0 Å². The van der Waals surface area contributed by atoms with Gasteiger partial charge in [0.1, 0.15) is 19.3 Å². The number of unbranched alkanes of at least 4 members (excludes halogenated alkanes) is 12. The van der Waals surface area contributed by atoms with Crippen LogP contribution in [0.1, 0.15) is 96.8 Å². The number of hydrogen-bond acceptors (Lipinski definition) is 5. The molecule has 7 nitrogen and oxygen atoms in total. The molecule has 0 aromatic rings. The van der Waals surface area contributed by atoms with E-state index in [0.717, 1.165) is 12.8 Å². The molecule has 1 fully saturated rings. The minimum Gasteiger partial charge on any atom is -0.350 e. The molecule has 1 aliphatic heterocycles. The Morgan fingerprint density at radius 3 is 1.94 bits per heavy atom. The van der Waals surface area contributed by atoms with Crippen LogP contribution in [0.3, 0.4) is 0 Å². The molecule has 0 bridgehead atoms. The minimum absolute atomic E-state index is 0.00720. The van der Waals surface area contributed by atoms with Gasteiger partial charge in [0.2, 0.25) is 0 Å². The fraction of sp³-hybridized carbons (Fsp3) is 1.00. The number of phosphoric acid groups is 1. The normalized spacial score (nSPS) is 21.2. The van der Waals surface area contributed by atoms with Crippen molar-refractivity contribution in [2.45, 2.75) is 109 Å². The fourth-order valence-corrected chi connectivity index (χ4v) is 4.46. The van der Waals surface area contributed by atoms with E-state index in [1.54, 1.807) is 0 Å². The van der Waals surface area contributed by atoms with Gasteiger partial charge in [-0.05, 0) is 12.8 Å². The number of quaternary nitrogens is 1. The van der Waals surface area contributed by atoms with Gasteiger partial charge in [0.25, 0.3) is 0 Å². The number of ether oxygens (including phenoxy) is 2. The van der Waals surface area contributed by atoms with E-state index in [4.69, 9.17) is 18.5 Å². The second kappa shape index (κ2) is 17.4. The summed E-state index contributed by atoms with van der Waals surface area (Å²) in [6.45, 7) is 3.46. The van der Waals surface area contributed by atoms with Gasteiger partial charge in [0, 0.05) is 0 Å². The van der Waals surface area contributed by atoms with Crippen molar-refractivity contribution in [2.75, 3.05) is 47.5 Å². The summed E-state index contributed by atoms with van der Waals surface area (Å²) in [6, 6.07) is 0. The maximum Gasteiger partial charge on any atom is 0.472 e. The van der Waals surface area contributed by atoms with Gasteiger partial charge in [0.15, 0.2) is 6.29 Å². The first-order valence-corrected chi connectivity index (χ1v) is 14.4. The van der Waals surface area contributed by atoms with Gasteiger partial charge in [-0.2, -0.15) is 0 Å². The summed E-state index contributed by atoms with van der Waals surface area (Å²) >= 11 is 0. The van der Waals surface area contributed by atoms with E-state index in [1.807, 2.05) is 21.1 Å². The topological polar surface area (TPSA) is 74.2 Å². The molecule has 8 heteroatoms. The minimum atomic E-state index is -4.05. The Kier molecular flexibility index (Phi) is 16.4. The van der Waals surface area contributed by atoms with Crippen LogP contribution >= 0.6 is 7.82 Å². The van der Waals surface area contributed by atoms with Crippen LogP contribution in [0.5, 0.6) is 0 Å². The molecule has 1 aliphatic rings. The number of hydrogen-bond donors (Lipinski definition) is 1. The van der Waals surface area contributed by atoms with E-state index >= 15 is 0 Å². The average molecular weight is 481 g/mol. The van der Waals surface area contributed by atoms with Crippen molar-refractivity contribution in [3.8, 4) is 0 Å². The Morgan fingerprint density at radius 2 is 1.41 bits per heavy atom. The smallest absolute Gasteiger partial charge is 0.350 e. The molecule has 0 saturated carbocycles. The van der Waals surface area contributed by atoms with Crippen LogP contribution in [0.25, 0.3) is 0 Å². The zero-order chi connectivity index (χ0) is 23.7. The number of likely N-dealkylation sites (N-methyl/N-ethyl adjacent to an activating group) is 1. The first-order chi connectivity index (χ1) is 15.2. The fourth-order valence-electron chi connectivity index (χ4n) is 3.72. The lowest BCUT2D eigenvalue weighted by molar-refractivity contribution is -0.870. The van der Waals surface area contributed by atoms with Crippen LogP contribution in [0.4, 0.5) is 0 Å². The molecule has 1 heterocycles. The molecular formula is C24H51NO6P+. The van der Waals surface area contributed by atoms with Crippen molar-refractivity contribution in [3.63, 3.8) is 0 Å². The molecule has 3 atom stereocenters. The van der Waals surface area contributed by atoms with Crippen molar-refractivity contribution < 1.29 is 32.5 Å². The highest BCUT2D eigenvalue weighted by molar-refractivity contribution is 7.47. The van der Waals surface area contributed by atoms with Gasteiger partial charge < -0.3 is 18.9 Å². The van der Waals surface area contributed by atoms with Crippen LogP contribution < -0.4 is 0 Å². The van der Waals surface area contributed by atoms with Gasteiger partial charge in [-0.1, -0.05) is 84.0 Å². The molecule has 0 amide bonds. The van der Waals surface area contributed by atoms with Crippen molar-refractivity contribution in [1.82, 2.24) is 0 Å². The molecule has 192 valence electrons. The van der Waals surface area contributed by atoms with E-state index in [2.05, 4.69) is 6.92 Å². The summed E-state index contributed by atoms with van der Waals surface area (Å²) in [5, 5.41) is 0. The molecule has 1 unspecified atom stereocenters. The predicted octanol–water partition coefficient (Wildman–Crippen LogP) is 6.05. The third kappa shape index (κ3) is 17.5. The zero-order valence-corrected chi connectivity index (χ0v) is 22.2. The Hall–Kier alpha value is -0.0100. The number of phosphoric ester groups is 1. The number of rotatable bonds is 21. The lowest BCUT2D eigenvalue weighted by atomic mass is 10.0. The lowest BCUT2D eigenvalue weighted by Gasteiger charge is -2.24. The first-order valence-electron chi connectivity index (χ1n) is 12.9. The zero-order valence-electron chi connectivity index (χ0n) is 21.3. The monoisotopic (exact) mass is 480 g/mol. The summed E-state index contributed by atoms with van der Waals surface area (Å²) in [7, 11) is 1.93. The molecule has 1 rings (SSSR count). The van der Waals surface area contributed by atoms with Crippen LogP contribution in [0.2, 0.25) is 0 Å². The molecule has 1 saturated heterocycles. The summed E-state index contributed by atoms with van der Waals surface area (Å²) < 4.78 is 34.1. The summed E-state index contributed by atoms with van der Waals surface area (Å²) in [5.41, 5.74) is 0. The summed E-state index contributed by atoms with van der Waals surface area (Å²) in [4.78, 5) is 9.78. The SMILES string of the molecule is CCCCCCCCCCCCCCC[C@@H]1OC[C@@H](COP(=O)(O)OCC[N+](C)(C)C)O1. The third-order valence-corrected chi connectivity index (χ3v) is 6.78. The van der Waals surface area contributed by atoms with E-state index in [1.165, 1.54) is 77.0 Å². The molecule has 1 N–H and O–H groups in total. The average Bonchev–Trinajstić information content (AvgIpc) is 3.17. The molecule has 0 aromatic carbocycles. The van der Waals surface area contributed by atoms with Gasteiger partial charge in [-0.25, -0.2) is 4.57 Å². The van der Waals surface area contributed by atoms with E-state index in [-0.39, 0.29) is 25.6 Å². The largest absolute Gasteiger partial charge is 0.472 e. The second-order valence-electron chi connectivity index (χ2n) is 10.2. The molecule has 0 aromatic heterocycles. The molecular weight excluding hydrogens is 429 g/mol. The number of nitrogens with zero attached hydrogens (tertiary/aromatic N) is 1. The highest BCUT2D eigenvalue weighted by Gasteiger charge is 2.30. The maximum atomic E-state index is 12.0. The van der Waals surface area contributed by atoms with Crippen LogP contribution in [-0.2, 0) is 23.1 Å². The van der Waals surface area contributed by atoms with Crippen molar-refractivity contribution >= 4 is 7.82 Å². The van der Waals surface area contributed by atoms with Gasteiger partial charge >= 0.3 is 7.82 Å². The summed E-state index contributed by atoms with van der Waals surface area (Å²) in [6.07, 6.45) is 17.7. The maximum absolute atomic E-state index is 12.0. The van der Waals surface area contributed by atoms with E-state index in [9.17, 15) is 9.46 Å². The Morgan fingerprint density at radius 1 is 0.875 bits per heavy atom. The van der Waals surface area contributed by atoms with Crippen molar-refractivity contribution in [1.29, 1.82) is 0 Å². The highest BCUT2D eigenvalue weighted by Crippen LogP contribution is 2.43. The van der Waals surface area contributed by atoms with Crippen LogP contribution in [0.15, 0.2) is 0 Å². The quantitative estimate of drug-likeness (QED) is 0.122. The van der Waals surface area contributed by atoms with Crippen molar-refractivity contribution in [2.24, 2.45) is 0 Å². The second-order valence-corrected chi connectivity index (χ2v) is 11.6. The van der Waals surface area contributed by atoms with E-state index in [0.29, 0.717) is 17.6 Å².